The molecule has 1 aliphatic heterocycles. The Bertz CT molecular complexity index is 458. The first kappa shape index (κ1) is 12.3. The van der Waals surface area contributed by atoms with E-state index in [0.29, 0.717) is 6.61 Å². The molecule has 1 aromatic carbocycles. The van der Waals surface area contributed by atoms with Crippen LogP contribution in [0.4, 0.5) is 0 Å². The van der Waals surface area contributed by atoms with Gasteiger partial charge in [0.25, 0.3) is 5.79 Å². The molecule has 1 aromatic rings. The highest BCUT2D eigenvalue weighted by Crippen LogP contribution is 2.48. The van der Waals surface area contributed by atoms with Crippen molar-refractivity contribution in [3.63, 3.8) is 0 Å². The zero-order chi connectivity index (χ0) is 13.3. The van der Waals surface area contributed by atoms with E-state index in [-0.39, 0.29) is 11.9 Å². The lowest BCUT2D eigenvalue weighted by molar-refractivity contribution is -0.184. The van der Waals surface area contributed by atoms with Crippen molar-refractivity contribution in [3.05, 3.63) is 24.3 Å². The minimum absolute atomic E-state index is 0.213. The summed E-state index contributed by atoms with van der Waals surface area (Å²) in [4.78, 5) is 12.1. The molecule has 3 rings (SSSR count). The van der Waals surface area contributed by atoms with Gasteiger partial charge < -0.3 is 14.2 Å². The third kappa shape index (κ3) is 2.05. The molecule has 19 heavy (non-hydrogen) atoms. The predicted octanol–water partition coefficient (Wildman–Crippen LogP) is 2.91. The van der Waals surface area contributed by atoms with E-state index in [1.165, 1.54) is 0 Å². The molecule has 1 heterocycles. The molecule has 4 heteroatoms. The molecule has 2 aliphatic rings. The van der Waals surface area contributed by atoms with Crippen molar-refractivity contribution in [1.29, 1.82) is 0 Å². The summed E-state index contributed by atoms with van der Waals surface area (Å²) in [5, 5.41) is 0. The van der Waals surface area contributed by atoms with Gasteiger partial charge in [0.05, 0.1) is 6.61 Å². The molecule has 0 saturated heterocycles. The maximum atomic E-state index is 12.1. The fraction of sp³-hybridized carbons (Fsp3) is 0.533. The molecule has 1 spiro atoms. The normalized spacial score (nSPS) is 23.3. The van der Waals surface area contributed by atoms with E-state index < -0.39 is 5.79 Å². The third-order valence-corrected chi connectivity index (χ3v) is 3.78. The zero-order valence-electron chi connectivity index (χ0n) is 11.1. The largest absolute Gasteiger partial charge is 0.466 e. The number of fused-ring (bicyclic) bond motifs is 1. The number of benzene rings is 1. The van der Waals surface area contributed by atoms with Crippen LogP contribution in [0, 0.1) is 5.92 Å². The van der Waals surface area contributed by atoms with Crippen molar-refractivity contribution in [2.24, 2.45) is 5.92 Å². The summed E-state index contributed by atoms with van der Waals surface area (Å²) in [5.41, 5.74) is 0. The predicted molar refractivity (Wildman–Crippen MR) is 69.0 cm³/mol. The lowest BCUT2D eigenvalue weighted by atomic mass is 9.83. The van der Waals surface area contributed by atoms with Gasteiger partial charge in [-0.05, 0) is 31.9 Å². The SMILES string of the molecule is CCOC(=O)C1CCCCC12Oc1ccccc1O2. The van der Waals surface area contributed by atoms with E-state index >= 15 is 0 Å². The molecular formula is C15H18O4. The average Bonchev–Trinajstić information content (AvgIpc) is 2.77. The summed E-state index contributed by atoms with van der Waals surface area (Å²) in [5.74, 6) is 0.0368. The lowest BCUT2D eigenvalue weighted by Crippen LogP contribution is -2.52. The third-order valence-electron chi connectivity index (χ3n) is 3.78. The molecule has 4 nitrogen and oxygen atoms in total. The van der Waals surface area contributed by atoms with Crippen LogP contribution < -0.4 is 9.47 Å². The molecule has 1 unspecified atom stereocenters. The van der Waals surface area contributed by atoms with Crippen LogP contribution in [-0.2, 0) is 9.53 Å². The summed E-state index contributed by atoms with van der Waals surface area (Å²) in [7, 11) is 0. The Balaban J connectivity index is 1.88. The second-order valence-electron chi connectivity index (χ2n) is 5.01. The van der Waals surface area contributed by atoms with Crippen molar-refractivity contribution in [3.8, 4) is 11.5 Å². The van der Waals surface area contributed by atoms with E-state index in [2.05, 4.69) is 0 Å². The van der Waals surface area contributed by atoms with Gasteiger partial charge in [0.2, 0.25) is 0 Å². The molecule has 0 aromatic heterocycles. The van der Waals surface area contributed by atoms with E-state index in [4.69, 9.17) is 14.2 Å². The summed E-state index contributed by atoms with van der Waals surface area (Å²) in [6, 6.07) is 7.56. The summed E-state index contributed by atoms with van der Waals surface area (Å²) in [6.07, 6.45) is 3.50. The fourth-order valence-electron chi connectivity index (χ4n) is 2.91. The Hall–Kier alpha value is -1.71. The molecule has 102 valence electrons. The van der Waals surface area contributed by atoms with E-state index in [9.17, 15) is 4.79 Å². The lowest BCUT2D eigenvalue weighted by Gasteiger charge is -2.37. The van der Waals surface area contributed by atoms with Gasteiger partial charge in [-0.15, -0.1) is 0 Å². The standard InChI is InChI=1S/C15H18O4/c1-2-17-14(16)11-7-5-6-10-15(11)18-12-8-3-4-9-13(12)19-15/h3-4,8-9,11H,2,5-7,10H2,1H3. The minimum atomic E-state index is -0.853. The molecule has 0 amide bonds. The highest BCUT2D eigenvalue weighted by atomic mass is 16.7. The Morgan fingerprint density at radius 2 is 2.00 bits per heavy atom. The van der Waals surface area contributed by atoms with Crippen LogP contribution >= 0.6 is 0 Å². The van der Waals surface area contributed by atoms with Crippen molar-refractivity contribution in [2.75, 3.05) is 6.61 Å². The number of hydrogen-bond acceptors (Lipinski definition) is 4. The van der Waals surface area contributed by atoms with Gasteiger partial charge >= 0.3 is 5.97 Å². The molecule has 1 aliphatic carbocycles. The Labute approximate surface area is 112 Å². The Morgan fingerprint density at radius 3 is 2.63 bits per heavy atom. The number of rotatable bonds is 2. The van der Waals surface area contributed by atoms with E-state index in [1.807, 2.05) is 31.2 Å². The maximum Gasteiger partial charge on any atom is 0.316 e. The zero-order valence-corrected chi connectivity index (χ0v) is 11.1. The van der Waals surface area contributed by atoms with E-state index in [0.717, 1.165) is 37.2 Å². The minimum Gasteiger partial charge on any atom is -0.466 e. The van der Waals surface area contributed by atoms with Crippen LogP contribution in [-0.4, -0.2) is 18.4 Å². The maximum absolute atomic E-state index is 12.1. The van der Waals surface area contributed by atoms with Gasteiger partial charge in [-0.2, -0.15) is 0 Å². The van der Waals surface area contributed by atoms with Gasteiger partial charge in [0, 0.05) is 6.42 Å². The highest BCUT2D eigenvalue weighted by Gasteiger charge is 2.53. The molecule has 0 bridgehead atoms. The van der Waals surface area contributed by atoms with Crippen LogP contribution in [0.25, 0.3) is 0 Å². The number of hydrogen-bond donors (Lipinski definition) is 0. The number of esters is 1. The van der Waals surface area contributed by atoms with Crippen LogP contribution in [0.2, 0.25) is 0 Å². The molecule has 1 saturated carbocycles. The summed E-state index contributed by atoms with van der Waals surface area (Å²) < 4.78 is 17.2. The van der Waals surface area contributed by atoms with Gasteiger partial charge in [-0.3, -0.25) is 4.79 Å². The molecule has 0 radical (unpaired) electrons. The van der Waals surface area contributed by atoms with Crippen LogP contribution in [0.5, 0.6) is 11.5 Å². The Morgan fingerprint density at radius 1 is 1.32 bits per heavy atom. The molecular weight excluding hydrogens is 244 g/mol. The molecule has 1 atom stereocenters. The van der Waals surface area contributed by atoms with Crippen LogP contribution in [0.1, 0.15) is 32.6 Å². The quantitative estimate of drug-likeness (QED) is 0.769. The highest BCUT2D eigenvalue weighted by molar-refractivity contribution is 5.74. The first-order valence-electron chi connectivity index (χ1n) is 6.89. The van der Waals surface area contributed by atoms with Gasteiger partial charge in [0.15, 0.2) is 11.5 Å². The van der Waals surface area contributed by atoms with Crippen molar-refractivity contribution >= 4 is 5.97 Å². The molecule has 1 fully saturated rings. The van der Waals surface area contributed by atoms with E-state index in [1.54, 1.807) is 0 Å². The fourth-order valence-corrected chi connectivity index (χ4v) is 2.91. The first-order valence-corrected chi connectivity index (χ1v) is 6.89. The first-order chi connectivity index (χ1) is 9.25. The smallest absolute Gasteiger partial charge is 0.316 e. The number of carbonyl (C=O) groups is 1. The molecule has 0 N–H and O–H groups in total. The second kappa shape index (κ2) is 4.76. The van der Waals surface area contributed by atoms with Crippen molar-refractivity contribution in [2.45, 2.75) is 38.4 Å². The van der Waals surface area contributed by atoms with Crippen molar-refractivity contribution in [1.82, 2.24) is 0 Å². The number of ether oxygens (including phenoxy) is 3. The summed E-state index contributed by atoms with van der Waals surface area (Å²) >= 11 is 0. The number of para-hydroxylation sites is 2. The van der Waals surface area contributed by atoms with Crippen LogP contribution in [0.3, 0.4) is 0 Å². The Kier molecular flexibility index (Phi) is 3.09. The van der Waals surface area contributed by atoms with Crippen molar-refractivity contribution < 1.29 is 19.0 Å². The van der Waals surface area contributed by atoms with Gasteiger partial charge in [-0.1, -0.05) is 18.6 Å². The average molecular weight is 262 g/mol. The summed E-state index contributed by atoms with van der Waals surface area (Å²) in [6.45, 7) is 2.21. The topological polar surface area (TPSA) is 44.8 Å². The van der Waals surface area contributed by atoms with Gasteiger partial charge in [-0.25, -0.2) is 0 Å². The van der Waals surface area contributed by atoms with Gasteiger partial charge in [0.1, 0.15) is 5.92 Å². The van der Waals surface area contributed by atoms with Crippen LogP contribution in [0.15, 0.2) is 24.3 Å². The number of carbonyl (C=O) groups excluding carboxylic acids is 1. The monoisotopic (exact) mass is 262 g/mol. The second-order valence-corrected chi connectivity index (χ2v) is 5.01.